The Bertz CT molecular complexity index is 1060. The van der Waals surface area contributed by atoms with Gasteiger partial charge in [-0.15, -0.1) is 0 Å². The van der Waals surface area contributed by atoms with E-state index in [0.717, 1.165) is 49.2 Å². The Balaban J connectivity index is 1.71. The standard InChI is InChI=1S/C28H34O6/c1-31-19-10-12-22(23(16-19)33-18-26(29)30)28-15-7-4-8-25(28)27(13-5-3-6-14-27)21-11-9-20(32-2)17-24(21)34-28/h9-12,16-17,25H,3-8,13-15,18H2,1-2H3,(H,29,30)/t25-,28-/m0/s1. The zero-order valence-corrected chi connectivity index (χ0v) is 20.1. The van der Waals surface area contributed by atoms with Gasteiger partial charge in [0.1, 0.15) is 28.6 Å². The van der Waals surface area contributed by atoms with Crippen molar-refractivity contribution < 1.29 is 28.8 Å². The molecule has 1 aliphatic heterocycles. The van der Waals surface area contributed by atoms with Crippen LogP contribution in [0, 0.1) is 5.92 Å². The van der Waals surface area contributed by atoms with Crippen molar-refractivity contribution >= 4 is 5.97 Å². The number of fused-ring (bicyclic) bond motifs is 4. The second-order valence-electron chi connectivity index (χ2n) is 9.91. The first-order chi connectivity index (χ1) is 16.5. The van der Waals surface area contributed by atoms with Crippen molar-refractivity contribution in [1.82, 2.24) is 0 Å². The normalized spacial score (nSPS) is 24.9. The fourth-order valence-electron chi connectivity index (χ4n) is 6.91. The molecule has 34 heavy (non-hydrogen) atoms. The first-order valence-corrected chi connectivity index (χ1v) is 12.4. The number of aliphatic carboxylic acids is 1. The zero-order chi connectivity index (χ0) is 23.8. The fourth-order valence-corrected chi connectivity index (χ4v) is 6.91. The second kappa shape index (κ2) is 9.05. The molecule has 2 aliphatic carbocycles. The lowest BCUT2D eigenvalue weighted by molar-refractivity contribution is -0.139. The molecule has 0 unspecified atom stereocenters. The maximum Gasteiger partial charge on any atom is 0.341 e. The summed E-state index contributed by atoms with van der Waals surface area (Å²) in [6, 6.07) is 12.1. The Kier molecular flexibility index (Phi) is 6.09. The van der Waals surface area contributed by atoms with Gasteiger partial charge in [-0.05, 0) is 50.3 Å². The van der Waals surface area contributed by atoms with Crippen LogP contribution in [-0.2, 0) is 15.8 Å². The number of hydrogen-bond acceptors (Lipinski definition) is 5. The van der Waals surface area contributed by atoms with Crippen LogP contribution in [0.5, 0.6) is 23.0 Å². The molecule has 0 radical (unpaired) electrons. The van der Waals surface area contributed by atoms with E-state index < -0.39 is 18.2 Å². The number of ether oxygens (including phenoxy) is 4. The van der Waals surface area contributed by atoms with Gasteiger partial charge in [0.05, 0.1) is 14.2 Å². The molecule has 2 fully saturated rings. The highest BCUT2D eigenvalue weighted by molar-refractivity contribution is 5.68. The lowest BCUT2D eigenvalue weighted by Gasteiger charge is -2.58. The van der Waals surface area contributed by atoms with Crippen molar-refractivity contribution in [3.63, 3.8) is 0 Å². The molecular formula is C28H34O6. The summed E-state index contributed by atoms with van der Waals surface area (Å²) >= 11 is 0. The molecule has 6 nitrogen and oxygen atoms in total. The van der Waals surface area contributed by atoms with Crippen molar-refractivity contribution in [1.29, 1.82) is 0 Å². The highest BCUT2D eigenvalue weighted by Gasteiger charge is 2.59. The van der Waals surface area contributed by atoms with Crippen LogP contribution in [0.15, 0.2) is 36.4 Å². The molecule has 1 spiro atoms. The van der Waals surface area contributed by atoms with Gasteiger partial charge in [-0.25, -0.2) is 4.79 Å². The summed E-state index contributed by atoms with van der Waals surface area (Å²) in [6.45, 7) is -0.406. The number of methoxy groups -OCH3 is 2. The summed E-state index contributed by atoms with van der Waals surface area (Å²) in [5.74, 6) is 2.13. The van der Waals surface area contributed by atoms with Crippen LogP contribution in [0.2, 0.25) is 0 Å². The minimum Gasteiger partial charge on any atom is -0.497 e. The van der Waals surface area contributed by atoms with Gasteiger partial charge < -0.3 is 24.1 Å². The maximum absolute atomic E-state index is 11.4. The Morgan fingerprint density at radius 2 is 1.62 bits per heavy atom. The first kappa shape index (κ1) is 22.9. The minimum absolute atomic E-state index is 0.0303. The van der Waals surface area contributed by atoms with E-state index in [2.05, 4.69) is 12.1 Å². The van der Waals surface area contributed by atoms with E-state index in [-0.39, 0.29) is 11.3 Å². The van der Waals surface area contributed by atoms with E-state index in [4.69, 9.17) is 18.9 Å². The van der Waals surface area contributed by atoms with Gasteiger partial charge in [0.15, 0.2) is 6.61 Å². The predicted octanol–water partition coefficient (Wildman–Crippen LogP) is 5.85. The monoisotopic (exact) mass is 466 g/mol. The van der Waals surface area contributed by atoms with Crippen LogP contribution in [0.1, 0.15) is 68.9 Å². The van der Waals surface area contributed by atoms with Gasteiger partial charge in [-0.3, -0.25) is 0 Å². The molecule has 3 aliphatic rings. The van der Waals surface area contributed by atoms with E-state index >= 15 is 0 Å². The van der Waals surface area contributed by atoms with Gasteiger partial charge in [0.2, 0.25) is 0 Å². The molecule has 2 aromatic carbocycles. The maximum atomic E-state index is 11.4. The van der Waals surface area contributed by atoms with E-state index in [1.807, 2.05) is 18.2 Å². The van der Waals surface area contributed by atoms with Crippen molar-refractivity contribution in [3.05, 3.63) is 47.5 Å². The number of carbonyl (C=O) groups is 1. The Morgan fingerprint density at radius 3 is 2.32 bits per heavy atom. The van der Waals surface area contributed by atoms with Crippen LogP contribution >= 0.6 is 0 Å². The number of carboxylic acid groups (broad SMARTS) is 1. The molecule has 5 rings (SSSR count). The van der Waals surface area contributed by atoms with Crippen molar-refractivity contribution in [3.8, 4) is 23.0 Å². The largest absolute Gasteiger partial charge is 0.497 e. The Hall–Kier alpha value is -2.89. The molecule has 2 atom stereocenters. The number of carboxylic acids is 1. The van der Waals surface area contributed by atoms with Crippen LogP contribution in [-0.4, -0.2) is 31.9 Å². The van der Waals surface area contributed by atoms with Gasteiger partial charge in [-0.2, -0.15) is 0 Å². The third-order valence-electron chi connectivity index (χ3n) is 8.28. The zero-order valence-electron chi connectivity index (χ0n) is 20.1. The van der Waals surface area contributed by atoms with Gasteiger partial charge in [-0.1, -0.05) is 31.7 Å². The molecule has 0 bridgehead atoms. The molecular weight excluding hydrogens is 432 g/mol. The molecule has 2 saturated carbocycles. The minimum atomic E-state index is -1.00. The average Bonchev–Trinajstić information content (AvgIpc) is 2.87. The van der Waals surface area contributed by atoms with Crippen LogP contribution in [0.25, 0.3) is 0 Å². The van der Waals surface area contributed by atoms with E-state index in [9.17, 15) is 9.90 Å². The summed E-state index contributed by atoms with van der Waals surface area (Å²) in [4.78, 5) is 11.4. The van der Waals surface area contributed by atoms with Gasteiger partial charge in [0.25, 0.3) is 0 Å². The molecule has 1 heterocycles. The topological polar surface area (TPSA) is 74.2 Å². The molecule has 6 heteroatoms. The van der Waals surface area contributed by atoms with E-state index in [1.165, 1.54) is 31.2 Å². The first-order valence-electron chi connectivity index (χ1n) is 12.4. The van der Waals surface area contributed by atoms with Gasteiger partial charge >= 0.3 is 5.97 Å². The summed E-state index contributed by atoms with van der Waals surface area (Å²) in [5.41, 5.74) is 1.67. The quantitative estimate of drug-likeness (QED) is 0.576. The number of rotatable bonds is 6. The van der Waals surface area contributed by atoms with Crippen molar-refractivity contribution in [2.24, 2.45) is 5.92 Å². The third-order valence-corrected chi connectivity index (χ3v) is 8.28. The van der Waals surface area contributed by atoms with E-state index in [0.29, 0.717) is 11.5 Å². The molecule has 182 valence electrons. The fraction of sp³-hybridized carbons (Fsp3) is 0.536. The second-order valence-corrected chi connectivity index (χ2v) is 9.91. The SMILES string of the molecule is COc1ccc2c(c1)O[C@]1(c3ccc(OC)cc3OCC(=O)O)CCCC[C@H]1C21CCCCC1. The number of benzene rings is 2. The summed E-state index contributed by atoms with van der Waals surface area (Å²) in [6.07, 6.45) is 10.1. The molecule has 0 saturated heterocycles. The molecule has 0 aromatic heterocycles. The van der Waals surface area contributed by atoms with Crippen molar-refractivity contribution in [2.45, 2.75) is 68.8 Å². The highest BCUT2D eigenvalue weighted by Crippen LogP contribution is 2.64. The van der Waals surface area contributed by atoms with Crippen LogP contribution in [0.4, 0.5) is 0 Å². The lowest BCUT2D eigenvalue weighted by Crippen LogP contribution is -2.57. The Morgan fingerprint density at radius 1 is 0.941 bits per heavy atom. The average molecular weight is 467 g/mol. The lowest BCUT2D eigenvalue weighted by atomic mass is 9.51. The van der Waals surface area contributed by atoms with Crippen LogP contribution in [0.3, 0.4) is 0 Å². The van der Waals surface area contributed by atoms with E-state index in [1.54, 1.807) is 20.3 Å². The van der Waals surface area contributed by atoms with Crippen molar-refractivity contribution in [2.75, 3.05) is 20.8 Å². The summed E-state index contributed by atoms with van der Waals surface area (Å²) in [7, 11) is 3.29. The smallest absolute Gasteiger partial charge is 0.341 e. The predicted molar refractivity (Wildman–Crippen MR) is 128 cm³/mol. The van der Waals surface area contributed by atoms with Crippen LogP contribution < -0.4 is 18.9 Å². The Labute approximate surface area is 201 Å². The molecule has 2 aromatic rings. The molecule has 1 N–H and O–H groups in total. The third kappa shape index (κ3) is 3.68. The van der Waals surface area contributed by atoms with Gasteiger partial charge in [0, 0.05) is 34.6 Å². The summed E-state index contributed by atoms with van der Waals surface area (Å²) < 4.78 is 23.9. The summed E-state index contributed by atoms with van der Waals surface area (Å²) in [5, 5.41) is 9.32. The highest BCUT2D eigenvalue weighted by atomic mass is 16.5. The number of hydrogen-bond donors (Lipinski definition) is 1. The molecule has 0 amide bonds.